The summed E-state index contributed by atoms with van der Waals surface area (Å²) in [6.45, 7) is 0. The second-order valence-electron chi connectivity index (χ2n) is 7.00. The molecule has 0 radical (unpaired) electrons. The van der Waals surface area contributed by atoms with Gasteiger partial charge in [0.15, 0.2) is 0 Å². The summed E-state index contributed by atoms with van der Waals surface area (Å²) in [5.74, 6) is -0.852. The molecule has 3 aromatic carbocycles. The lowest BCUT2D eigenvalue weighted by Gasteiger charge is -2.21. The largest absolute Gasteiger partial charge is 0.390 e. The Morgan fingerprint density at radius 2 is 1.67 bits per heavy atom. The average Bonchev–Trinajstić information content (AvgIpc) is 3.12. The molecule has 0 saturated heterocycles. The molecule has 4 aromatic rings. The van der Waals surface area contributed by atoms with Gasteiger partial charge in [0.2, 0.25) is 0 Å². The van der Waals surface area contributed by atoms with Crippen molar-refractivity contribution in [2.75, 3.05) is 0 Å². The van der Waals surface area contributed by atoms with Crippen molar-refractivity contribution in [3.05, 3.63) is 90.0 Å². The fourth-order valence-corrected chi connectivity index (χ4v) is 3.95. The maximum atomic E-state index is 13.6. The standard InChI is InChI=1S/C24H17F3N2S/c25-24(26,27)14-20(16-7-2-1-3-8-16)22-19-11-4-5-12-21(19)29-23(22)17-9-6-10-18(13-17)28-15-30/h1-13,20,29H,14H2. The summed E-state index contributed by atoms with van der Waals surface area (Å²) in [4.78, 5) is 7.34. The van der Waals surface area contributed by atoms with E-state index < -0.39 is 18.5 Å². The molecule has 1 aromatic heterocycles. The van der Waals surface area contributed by atoms with Gasteiger partial charge in [0, 0.05) is 22.4 Å². The van der Waals surface area contributed by atoms with E-state index in [2.05, 4.69) is 27.4 Å². The molecule has 0 fully saturated rings. The van der Waals surface area contributed by atoms with E-state index in [1.807, 2.05) is 30.3 Å². The number of halogens is 3. The number of nitrogens with one attached hydrogen (secondary N) is 1. The second kappa shape index (κ2) is 8.27. The van der Waals surface area contributed by atoms with Crippen molar-refractivity contribution in [1.82, 2.24) is 4.98 Å². The Balaban J connectivity index is 1.99. The molecule has 6 heteroatoms. The molecule has 1 atom stereocenters. The number of nitrogens with zero attached hydrogens (tertiary/aromatic N) is 1. The van der Waals surface area contributed by atoms with Gasteiger partial charge in [-0.25, -0.2) is 0 Å². The van der Waals surface area contributed by atoms with Gasteiger partial charge < -0.3 is 4.98 Å². The van der Waals surface area contributed by atoms with Crippen molar-refractivity contribution in [1.29, 1.82) is 0 Å². The number of H-pyrrole nitrogens is 1. The van der Waals surface area contributed by atoms with Gasteiger partial charge in [0.1, 0.15) is 0 Å². The molecule has 0 spiro atoms. The predicted molar refractivity (Wildman–Crippen MR) is 117 cm³/mol. The molecule has 30 heavy (non-hydrogen) atoms. The Morgan fingerprint density at radius 3 is 2.40 bits per heavy atom. The highest BCUT2D eigenvalue weighted by Crippen LogP contribution is 2.44. The van der Waals surface area contributed by atoms with Crippen LogP contribution in [0.25, 0.3) is 22.2 Å². The first kappa shape index (κ1) is 20.1. The van der Waals surface area contributed by atoms with E-state index in [0.717, 1.165) is 16.5 Å². The molecule has 0 saturated carbocycles. The maximum absolute atomic E-state index is 13.6. The van der Waals surface area contributed by atoms with Crippen molar-refractivity contribution >= 4 is 34.0 Å². The Hall–Kier alpha value is -3.21. The van der Waals surface area contributed by atoms with Crippen LogP contribution in [0.1, 0.15) is 23.5 Å². The molecule has 4 rings (SSSR count). The van der Waals surface area contributed by atoms with E-state index in [0.29, 0.717) is 22.5 Å². The quantitative estimate of drug-likeness (QED) is 0.260. The summed E-state index contributed by atoms with van der Waals surface area (Å²) in [5, 5.41) is 3.11. The van der Waals surface area contributed by atoms with Gasteiger partial charge in [0.05, 0.1) is 23.0 Å². The number of fused-ring (bicyclic) bond motifs is 1. The highest BCUT2D eigenvalue weighted by atomic mass is 32.1. The minimum atomic E-state index is -4.32. The van der Waals surface area contributed by atoms with Crippen LogP contribution in [0.3, 0.4) is 0 Å². The number of alkyl halides is 3. The van der Waals surface area contributed by atoms with E-state index in [1.165, 1.54) is 0 Å². The van der Waals surface area contributed by atoms with E-state index in [4.69, 9.17) is 0 Å². The lowest BCUT2D eigenvalue weighted by atomic mass is 9.85. The zero-order valence-corrected chi connectivity index (χ0v) is 16.6. The molecule has 0 bridgehead atoms. The number of aromatic nitrogens is 1. The normalized spacial score (nSPS) is 12.5. The minimum absolute atomic E-state index is 0.596. The summed E-state index contributed by atoms with van der Waals surface area (Å²) in [5.41, 5.74) is 4.02. The number of aliphatic imine (C=N–C) groups is 1. The van der Waals surface area contributed by atoms with Crippen LogP contribution in [0.15, 0.2) is 83.9 Å². The SMILES string of the molecule is FC(F)(F)CC(c1ccccc1)c1c(-c2cccc(N=C=S)c2)[nH]c2ccccc12. The molecule has 0 aliphatic rings. The van der Waals surface area contributed by atoms with Crippen LogP contribution in [0.2, 0.25) is 0 Å². The highest BCUT2D eigenvalue weighted by Gasteiger charge is 2.35. The molecule has 0 amide bonds. The van der Waals surface area contributed by atoms with Crippen molar-refractivity contribution in [3.8, 4) is 11.3 Å². The highest BCUT2D eigenvalue weighted by molar-refractivity contribution is 7.78. The van der Waals surface area contributed by atoms with Crippen molar-refractivity contribution in [2.24, 2.45) is 4.99 Å². The van der Waals surface area contributed by atoms with Crippen LogP contribution in [-0.2, 0) is 0 Å². The lowest BCUT2D eigenvalue weighted by Crippen LogP contribution is -2.15. The van der Waals surface area contributed by atoms with Gasteiger partial charge >= 0.3 is 6.18 Å². The van der Waals surface area contributed by atoms with E-state index in [9.17, 15) is 13.2 Å². The molecule has 150 valence electrons. The second-order valence-corrected chi connectivity index (χ2v) is 7.18. The van der Waals surface area contributed by atoms with Crippen molar-refractivity contribution in [3.63, 3.8) is 0 Å². The first-order chi connectivity index (χ1) is 14.5. The molecule has 0 aliphatic heterocycles. The topological polar surface area (TPSA) is 28.1 Å². The molecular weight excluding hydrogens is 405 g/mol. The molecule has 1 unspecified atom stereocenters. The summed E-state index contributed by atoms with van der Waals surface area (Å²) < 4.78 is 40.9. The van der Waals surface area contributed by atoms with Crippen molar-refractivity contribution in [2.45, 2.75) is 18.5 Å². The van der Waals surface area contributed by atoms with Crippen molar-refractivity contribution < 1.29 is 13.2 Å². The van der Waals surface area contributed by atoms with Crippen LogP contribution in [0, 0.1) is 0 Å². The van der Waals surface area contributed by atoms with E-state index in [-0.39, 0.29) is 0 Å². The van der Waals surface area contributed by atoms with Gasteiger partial charge in [-0.15, -0.1) is 0 Å². The fourth-order valence-electron chi connectivity index (χ4n) is 3.84. The number of para-hydroxylation sites is 1. The van der Waals surface area contributed by atoms with Gasteiger partial charge in [-0.3, -0.25) is 0 Å². The third-order valence-corrected chi connectivity index (χ3v) is 5.13. The summed E-state index contributed by atoms with van der Waals surface area (Å²) >= 11 is 4.69. The lowest BCUT2D eigenvalue weighted by molar-refractivity contribution is -0.136. The third kappa shape index (κ3) is 4.20. The zero-order chi connectivity index (χ0) is 21.1. The fraction of sp³-hybridized carbons (Fsp3) is 0.125. The van der Waals surface area contributed by atoms with Crippen LogP contribution in [0.4, 0.5) is 18.9 Å². The zero-order valence-electron chi connectivity index (χ0n) is 15.8. The maximum Gasteiger partial charge on any atom is 0.390 e. The monoisotopic (exact) mass is 422 g/mol. The predicted octanol–water partition coefficient (Wildman–Crippen LogP) is 7.65. The summed E-state index contributed by atoms with van der Waals surface area (Å²) in [6.07, 6.45) is -5.27. The van der Waals surface area contributed by atoms with Gasteiger partial charge in [-0.1, -0.05) is 60.7 Å². The number of hydrogen-bond donors (Lipinski definition) is 1. The van der Waals surface area contributed by atoms with E-state index in [1.54, 1.807) is 48.5 Å². The molecule has 1 heterocycles. The summed E-state index contributed by atoms with van der Waals surface area (Å²) in [6, 6.07) is 23.5. The molecule has 1 N–H and O–H groups in total. The van der Waals surface area contributed by atoms with Crippen LogP contribution in [-0.4, -0.2) is 16.3 Å². The smallest absolute Gasteiger partial charge is 0.354 e. The number of aromatic amines is 1. The number of thiocarbonyl (C=S) groups is 1. The molecule has 2 nitrogen and oxygen atoms in total. The average molecular weight is 422 g/mol. The first-order valence-electron chi connectivity index (χ1n) is 9.37. The molecule has 0 aliphatic carbocycles. The van der Waals surface area contributed by atoms with Gasteiger partial charge in [-0.05, 0) is 41.5 Å². The van der Waals surface area contributed by atoms with Crippen LogP contribution < -0.4 is 0 Å². The third-order valence-electron chi connectivity index (χ3n) is 5.04. The van der Waals surface area contributed by atoms with E-state index >= 15 is 0 Å². The Labute approximate surface area is 177 Å². The molecular formula is C24H17F3N2S. The summed E-state index contributed by atoms with van der Waals surface area (Å²) in [7, 11) is 0. The number of rotatable bonds is 5. The minimum Gasteiger partial charge on any atom is -0.354 e. The Kier molecular flexibility index (Phi) is 5.53. The number of benzene rings is 3. The van der Waals surface area contributed by atoms with Gasteiger partial charge in [-0.2, -0.15) is 18.2 Å². The van der Waals surface area contributed by atoms with Gasteiger partial charge in [0.25, 0.3) is 0 Å². The van der Waals surface area contributed by atoms with Crippen LogP contribution in [0.5, 0.6) is 0 Å². The Bertz CT molecular complexity index is 1220. The first-order valence-corrected chi connectivity index (χ1v) is 9.78. The number of hydrogen-bond acceptors (Lipinski definition) is 2. The van der Waals surface area contributed by atoms with Crippen LogP contribution >= 0.6 is 12.2 Å². The Morgan fingerprint density at radius 1 is 0.933 bits per heavy atom. The number of isothiocyanates is 1.